The van der Waals surface area contributed by atoms with E-state index < -0.39 is 0 Å². The molecule has 0 saturated heterocycles. The molecule has 0 aliphatic carbocycles. The van der Waals surface area contributed by atoms with Gasteiger partial charge in [-0.25, -0.2) is 0 Å². The van der Waals surface area contributed by atoms with E-state index in [9.17, 15) is 0 Å². The second-order valence-corrected chi connectivity index (χ2v) is 0. The van der Waals surface area contributed by atoms with E-state index in [1.165, 1.54) is 0 Å². The Labute approximate surface area is 36.0 Å². The molecule has 5 heteroatoms. The van der Waals surface area contributed by atoms with Crippen molar-refractivity contribution >= 4 is 8.41 Å². The van der Waals surface area contributed by atoms with E-state index in [1.54, 1.807) is 0 Å². The summed E-state index contributed by atoms with van der Waals surface area (Å²) < 4.78 is 0. The Morgan fingerprint density at radius 3 is 0.833 bits per heavy atom. The summed E-state index contributed by atoms with van der Waals surface area (Å²) in [5.74, 6) is 0. The fraction of sp³-hybridized carbons (Fsp3) is 1.00. The van der Waals surface area contributed by atoms with Crippen LogP contribution in [0.15, 0.2) is 0 Å². The Balaban J connectivity index is -0.000000000833. The zero-order valence-electron chi connectivity index (χ0n) is 3.25. The number of aliphatic hydroxyl groups is 1. The molecule has 0 saturated carbocycles. The van der Waals surface area contributed by atoms with Crippen molar-refractivity contribution in [3.63, 3.8) is 0 Å². The Morgan fingerprint density at radius 2 is 0.833 bits per heavy atom. The molecule has 41 valence electrons. The lowest BCUT2D eigenvalue weighted by molar-refractivity contribution is 0.399. The molecule has 0 aromatic rings. The molecule has 0 aromatic heterocycles. The van der Waals surface area contributed by atoms with E-state index >= 15 is 0 Å². The van der Waals surface area contributed by atoms with E-state index in [4.69, 9.17) is 5.11 Å². The fourth-order valence-corrected chi connectivity index (χ4v) is 0. The molecule has 3 radical (unpaired) electrons. The van der Waals surface area contributed by atoms with Crippen molar-refractivity contribution in [2.24, 2.45) is 0 Å². The Hall–Kier alpha value is -0.185. The van der Waals surface area contributed by atoms with Crippen LogP contribution in [0.2, 0.25) is 0 Å². The molecule has 0 bridgehead atoms. The number of aliphatic hydroxyl groups excluding tert-OH is 1. The van der Waals surface area contributed by atoms with Crippen molar-refractivity contribution in [3.8, 4) is 0 Å². The molecule has 0 heterocycles. The second-order valence-electron chi connectivity index (χ2n) is 0. The second kappa shape index (κ2) is 2050. The number of rotatable bonds is 0. The van der Waals surface area contributed by atoms with Gasteiger partial charge in [-0.1, -0.05) is 0 Å². The summed E-state index contributed by atoms with van der Waals surface area (Å²) in [7, 11) is 1.00. The molecule has 0 amide bonds. The summed E-state index contributed by atoms with van der Waals surface area (Å²) in [6, 6.07) is 0. The normalized spacial score (nSPS) is 1.00. The van der Waals surface area contributed by atoms with Gasteiger partial charge in [-0.15, -0.1) is 0 Å². The highest BCUT2D eigenvalue weighted by atomic mass is 19.0. The summed E-state index contributed by atoms with van der Waals surface area (Å²) in [6.45, 7) is 0. The standard InChI is InChI=1S/CH4O.B.3FH/c1-2;;;;/h2H,1H3;;3*1H. The van der Waals surface area contributed by atoms with Gasteiger partial charge in [0, 0.05) is 15.5 Å². The predicted octanol–water partition coefficient (Wildman–Crippen LogP) is -0.315. The highest BCUT2D eigenvalue weighted by molar-refractivity contribution is 5.75. The quantitative estimate of drug-likeness (QED) is 0.416. The first-order valence-corrected chi connectivity index (χ1v) is 0.447. The summed E-state index contributed by atoms with van der Waals surface area (Å²) in [5.41, 5.74) is 0. The van der Waals surface area contributed by atoms with Crippen LogP contribution in [-0.2, 0) is 0 Å². The third-order valence-electron chi connectivity index (χ3n) is 0. The van der Waals surface area contributed by atoms with Crippen molar-refractivity contribution in [1.29, 1.82) is 0 Å². The SMILES string of the molecule is CO.F.F.F.[B]. The molecule has 6 heavy (non-hydrogen) atoms. The van der Waals surface area contributed by atoms with Gasteiger partial charge in [-0.05, 0) is 0 Å². The number of halogens is 3. The van der Waals surface area contributed by atoms with Crippen LogP contribution in [0.4, 0.5) is 14.1 Å². The molecular weight excluding hydrogens is 95.8 g/mol. The van der Waals surface area contributed by atoms with Crippen molar-refractivity contribution in [2.75, 3.05) is 7.11 Å². The first-order chi connectivity index (χ1) is 1.00. The lowest BCUT2D eigenvalue weighted by Gasteiger charge is -1.21. The maximum Gasteiger partial charge on any atom is 0.0319 e. The van der Waals surface area contributed by atoms with Gasteiger partial charge in [0.15, 0.2) is 0 Å². The summed E-state index contributed by atoms with van der Waals surface area (Å²) in [4.78, 5) is 0. The molecular formula is CH7BF3O. The van der Waals surface area contributed by atoms with Gasteiger partial charge < -0.3 is 5.11 Å². The van der Waals surface area contributed by atoms with Crippen LogP contribution >= 0.6 is 0 Å². The first-order valence-electron chi connectivity index (χ1n) is 0.447. The Bertz CT molecular complexity index is 10.8. The van der Waals surface area contributed by atoms with Crippen molar-refractivity contribution in [1.82, 2.24) is 0 Å². The van der Waals surface area contributed by atoms with Gasteiger partial charge >= 0.3 is 0 Å². The van der Waals surface area contributed by atoms with Gasteiger partial charge in [0.2, 0.25) is 0 Å². The maximum absolute atomic E-state index is 7.00. The van der Waals surface area contributed by atoms with Gasteiger partial charge in [-0.3, -0.25) is 14.1 Å². The minimum absolute atomic E-state index is 0. The average Bonchev–Trinajstić information content (AvgIpc) is 1.00. The predicted molar refractivity (Wildman–Crippen MR) is 21.4 cm³/mol. The lowest BCUT2D eigenvalue weighted by Crippen LogP contribution is -1.25. The third-order valence-corrected chi connectivity index (χ3v) is 0. The minimum Gasteiger partial charge on any atom is -0.400 e. The number of hydrogen-bond acceptors (Lipinski definition) is 1. The molecule has 0 aliphatic heterocycles. The zero-order valence-corrected chi connectivity index (χ0v) is 3.25. The van der Waals surface area contributed by atoms with Gasteiger partial charge in [0.25, 0.3) is 0 Å². The third kappa shape index (κ3) is 883. The van der Waals surface area contributed by atoms with Crippen LogP contribution in [0.5, 0.6) is 0 Å². The smallest absolute Gasteiger partial charge is 0.0319 e. The monoisotopic (exact) mass is 103 g/mol. The van der Waals surface area contributed by atoms with E-state index in [1.807, 2.05) is 0 Å². The molecule has 0 aromatic carbocycles. The molecule has 1 nitrogen and oxygen atoms in total. The lowest BCUT2D eigenvalue weighted by atomic mass is 10.8. The van der Waals surface area contributed by atoms with Gasteiger partial charge in [-0.2, -0.15) is 0 Å². The van der Waals surface area contributed by atoms with Crippen LogP contribution in [0.25, 0.3) is 0 Å². The van der Waals surface area contributed by atoms with Crippen LogP contribution in [0.1, 0.15) is 0 Å². The minimum atomic E-state index is 0. The van der Waals surface area contributed by atoms with E-state index in [2.05, 4.69) is 0 Å². The fourth-order valence-electron chi connectivity index (χ4n) is 0. The topological polar surface area (TPSA) is 20.2 Å². The molecule has 0 spiro atoms. The highest BCUT2D eigenvalue weighted by Crippen LogP contribution is 0.755. The van der Waals surface area contributed by atoms with Crippen molar-refractivity contribution in [2.45, 2.75) is 0 Å². The van der Waals surface area contributed by atoms with Gasteiger partial charge in [0.1, 0.15) is 0 Å². The Morgan fingerprint density at radius 1 is 0.833 bits per heavy atom. The molecule has 0 fully saturated rings. The summed E-state index contributed by atoms with van der Waals surface area (Å²) in [5, 5.41) is 7.00. The van der Waals surface area contributed by atoms with E-state index in [0.29, 0.717) is 0 Å². The zero-order chi connectivity index (χ0) is 2.00. The first kappa shape index (κ1) is 203. The van der Waals surface area contributed by atoms with E-state index in [0.717, 1.165) is 7.11 Å². The average molecular weight is 103 g/mol. The van der Waals surface area contributed by atoms with E-state index in [-0.39, 0.29) is 22.5 Å². The summed E-state index contributed by atoms with van der Waals surface area (Å²) >= 11 is 0. The summed E-state index contributed by atoms with van der Waals surface area (Å²) in [6.07, 6.45) is 0. The largest absolute Gasteiger partial charge is 0.400 e. The molecule has 0 rings (SSSR count). The molecule has 1 N–H and O–H groups in total. The van der Waals surface area contributed by atoms with Gasteiger partial charge in [0.05, 0.1) is 0 Å². The van der Waals surface area contributed by atoms with Crippen LogP contribution in [0.3, 0.4) is 0 Å². The Kier molecular flexibility index (Phi) is 69200. The van der Waals surface area contributed by atoms with Crippen LogP contribution < -0.4 is 0 Å². The number of hydrogen-bond donors (Lipinski definition) is 1. The molecule has 0 atom stereocenters. The van der Waals surface area contributed by atoms with Crippen molar-refractivity contribution < 1.29 is 19.2 Å². The van der Waals surface area contributed by atoms with Crippen molar-refractivity contribution in [3.05, 3.63) is 0 Å². The molecule has 0 aliphatic rings. The maximum atomic E-state index is 7.00. The van der Waals surface area contributed by atoms with Crippen LogP contribution in [0, 0.1) is 0 Å². The highest BCUT2D eigenvalue weighted by Gasteiger charge is 0.839. The van der Waals surface area contributed by atoms with Crippen LogP contribution in [-0.4, -0.2) is 20.6 Å². The molecule has 0 unspecified atom stereocenters.